The minimum Gasteiger partial charge on any atom is -0.381 e. The summed E-state index contributed by atoms with van der Waals surface area (Å²) in [7, 11) is 1.73. The highest BCUT2D eigenvalue weighted by molar-refractivity contribution is 8.00. The highest BCUT2D eigenvalue weighted by Crippen LogP contribution is 2.30. The SMILES string of the molecule is CC1SCN(C(=O)[C@@H](O)[C@H](Cc2ccccc2)NC(=O)c2cccn2C)[C@@H]1C(=O)NCc1ccccc1F. The van der Waals surface area contributed by atoms with Crippen molar-refractivity contribution in [2.75, 3.05) is 5.88 Å². The van der Waals surface area contributed by atoms with Gasteiger partial charge in [-0.1, -0.05) is 55.5 Å². The fourth-order valence-electron chi connectivity index (χ4n) is 4.50. The number of nitrogens with one attached hydrogen (secondary N) is 2. The van der Waals surface area contributed by atoms with Crippen molar-refractivity contribution in [1.29, 1.82) is 0 Å². The first-order valence-electron chi connectivity index (χ1n) is 12.3. The number of aromatic nitrogens is 1. The normalized spacial score (nSPS) is 18.6. The van der Waals surface area contributed by atoms with E-state index in [4.69, 9.17) is 0 Å². The Balaban J connectivity index is 1.50. The summed E-state index contributed by atoms with van der Waals surface area (Å²) >= 11 is 1.41. The molecule has 3 aromatic rings. The number of aryl methyl sites for hydroxylation is 1. The van der Waals surface area contributed by atoms with Crippen molar-refractivity contribution in [3.8, 4) is 0 Å². The van der Waals surface area contributed by atoms with Gasteiger partial charge >= 0.3 is 0 Å². The van der Waals surface area contributed by atoms with Gasteiger partial charge in [0.05, 0.1) is 11.9 Å². The van der Waals surface area contributed by atoms with Crippen LogP contribution in [0.15, 0.2) is 72.9 Å². The van der Waals surface area contributed by atoms with Crippen molar-refractivity contribution in [2.45, 2.75) is 43.3 Å². The molecule has 10 heteroatoms. The molecule has 1 aromatic heterocycles. The van der Waals surface area contributed by atoms with E-state index >= 15 is 0 Å². The summed E-state index contributed by atoms with van der Waals surface area (Å²) < 4.78 is 15.7. The van der Waals surface area contributed by atoms with Gasteiger partial charge in [-0.05, 0) is 30.2 Å². The van der Waals surface area contributed by atoms with Gasteiger partial charge in [0, 0.05) is 30.6 Å². The zero-order valence-corrected chi connectivity index (χ0v) is 22.0. The highest BCUT2D eigenvalue weighted by Gasteiger charge is 2.43. The van der Waals surface area contributed by atoms with Gasteiger partial charge in [-0.3, -0.25) is 14.4 Å². The minimum atomic E-state index is -1.59. The number of carbonyl (C=O) groups excluding carboxylic acids is 3. The molecule has 1 aliphatic heterocycles. The number of hydrogen-bond acceptors (Lipinski definition) is 5. The summed E-state index contributed by atoms with van der Waals surface area (Å²) in [5.41, 5.74) is 1.56. The average Bonchev–Trinajstić information content (AvgIpc) is 3.52. The van der Waals surface area contributed by atoms with Crippen LogP contribution in [-0.2, 0) is 29.6 Å². The van der Waals surface area contributed by atoms with Crippen LogP contribution in [0.25, 0.3) is 0 Å². The van der Waals surface area contributed by atoms with Crippen LogP contribution in [0.1, 0.15) is 28.5 Å². The van der Waals surface area contributed by atoms with Gasteiger partial charge in [0.25, 0.3) is 11.8 Å². The largest absolute Gasteiger partial charge is 0.381 e. The summed E-state index contributed by atoms with van der Waals surface area (Å²) in [6, 6.07) is 17.0. The van der Waals surface area contributed by atoms with Gasteiger partial charge in [0.2, 0.25) is 5.91 Å². The Labute approximate surface area is 225 Å². The van der Waals surface area contributed by atoms with Gasteiger partial charge in [0.1, 0.15) is 17.6 Å². The van der Waals surface area contributed by atoms with Crippen molar-refractivity contribution >= 4 is 29.5 Å². The average molecular weight is 539 g/mol. The third-order valence-electron chi connectivity index (χ3n) is 6.65. The maximum Gasteiger partial charge on any atom is 0.268 e. The smallest absolute Gasteiger partial charge is 0.268 e. The molecule has 3 N–H and O–H groups in total. The summed E-state index contributed by atoms with van der Waals surface area (Å²) in [5.74, 6) is -1.73. The lowest BCUT2D eigenvalue weighted by Crippen LogP contribution is -2.57. The van der Waals surface area contributed by atoms with E-state index in [1.54, 1.807) is 48.1 Å². The molecule has 0 saturated carbocycles. The Morgan fingerprint density at radius 3 is 2.47 bits per heavy atom. The molecule has 1 aliphatic rings. The second-order valence-corrected chi connectivity index (χ2v) is 10.6. The lowest BCUT2D eigenvalue weighted by molar-refractivity contribution is -0.146. The van der Waals surface area contributed by atoms with E-state index in [0.717, 1.165) is 5.56 Å². The molecule has 8 nitrogen and oxygen atoms in total. The molecule has 0 spiro atoms. The molecule has 38 heavy (non-hydrogen) atoms. The first-order chi connectivity index (χ1) is 18.3. The number of hydrogen-bond donors (Lipinski definition) is 3. The molecule has 200 valence electrons. The second-order valence-electron chi connectivity index (χ2n) is 9.28. The number of amides is 3. The van der Waals surface area contributed by atoms with Crippen molar-refractivity contribution in [3.05, 3.63) is 95.6 Å². The summed E-state index contributed by atoms with van der Waals surface area (Å²) in [6.45, 7) is 1.81. The summed E-state index contributed by atoms with van der Waals surface area (Å²) in [5, 5.41) is 16.5. The number of aliphatic hydroxyl groups excluding tert-OH is 1. The lowest BCUT2D eigenvalue weighted by atomic mass is 9.99. The summed E-state index contributed by atoms with van der Waals surface area (Å²) in [6.07, 6.45) is 0.355. The lowest BCUT2D eigenvalue weighted by Gasteiger charge is -2.30. The molecule has 0 bridgehead atoms. The standard InChI is InChI=1S/C28H31FN4O4S/c1-18-24(27(36)30-16-20-11-6-7-12-21(20)29)33(17-38-18)28(37)25(34)22(15-19-9-4-3-5-10-19)31-26(35)23-13-8-14-32(23)2/h3-14,18,22,24-25,34H,15-17H2,1-2H3,(H,30,36)(H,31,35)/t18?,22-,24-,25-/m0/s1. The van der Waals surface area contributed by atoms with Gasteiger partial charge in [-0.15, -0.1) is 11.8 Å². The second kappa shape index (κ2) is 12.3. The molecule has 2 heterocycles. The molecule has 1 unspecified atom stereocenters. The van der Waals surface area contributed by atoms with Gasteiger partial charge in [-0.25, -0.2) is 4.39 Å². The van der Waals surface area contributed by atoms with Gasteiger partial charge in [0.15, 0.2) is 6.10 Å². The van der Waals surface area contributed by atoms with Crippen LogP contribution >= 0.6 is 11.8 Å². The molecule has 4 atom stereocenters. The van der Waals surface area contributed by atoms with E-state index < -0.39 is 41.7 Å². The van der Waals surface area contributed by atoms with E-state index in [1.807, 2.05) is 37.3 Å². The van der Waals surface area contributed by atoms with Crippen LogP contribution in [0.4, 0.5) is 4.39 Å². The third-order valence-corrected chi connectivity index (χ3v) is 7.86. The minimum absolute atomic E-state index is 0.0205. The van der Waals surface area contributed by atoms with Crippen LogP contribution in [0, 0.1) is 5.82 Å². The van der Waals surface area contributed by atoms with Crippen molar-refractivity contribution in [3.63, 3.8) is 0 Å². The predicted octanol–water partition coefficient (Wildman–Crippen LogP) is 2.47. The molecule has 1 fully saturated rings. The number of benzene rings is 2. The number of halogens is 1. The van der Waals surface area contributed by atoms with Gasteiger partial charge in [-0.2, -0.15) is 0 Å². The molecule has 0 radical (unpaired) electrons. The number of carbonyl (C=O) groups is 3. The third kappa shape index (κ3) is 6.25. The monoisotopic (exact) mass is 538 g/mol. The van der Waals surface area contributed by atoms with E-state index in [-0.39, 0.29) is 24.1 Å². The Morgan fingerprint density at radius 2 is 1.79 bits per heavy atom. The molecule has 2 aromatic carbocycles. The Hall–Kier alpha value is -3.63. The molecular formula is C28H31FN4O4S. The number of aliphatic hydroxyl groups is 1. The van der Waals surface area contributed by atoms with Gasteiger partial charge < -0.3 is 25.2 Å². The Morgan fingerprint density at radius 1 is 1.08 bits per heavy atom. The summed E-state index contributed by atoms with van der Waals surface area (Å²) in [4.78, 5) is 41.0. The molecule has 3 amide bonds. The first kappa shape index (κ1) is 27.4. The Bertz CT molecular complexity index is 1280. The maximum atomic E-state index is 14.0. The topological polar surface area (TPSA) is 104 Å². The molecular weight excluding hydrogens is 507 g/mol. The predicted molar refractivity (Wildman–Crippen MR) is 144 cm³/mol. The maximum absolute atomic E-state index is 14.0. The quantitative estimate of drug-likeness (QED) is 0.389. The number of rotatable bonds is 9. The Kier molecular flexibility index (Phi) is 8.85. The van der Waals surface area contributed by atoms with Crippen LogP contribution in [0.5, 0.6) is 0 Å². The fraction of sp³-hybridized carbons (Fsp3) is 0.321. The van der Waals surface area contributed by atoms with Crippen LogP contribution in [-0.4, -0.2) is 61.6 Å². The van der Waals surface area contributed by atoms with Crippen molar-refractivity contribution in [2.24, 2.45) is 7.05 Å². The van der Waals surface area contributed by atoms with E-state index in [1.165, 1.54) is 22.7 Å². The van der Waals surface area contributed by atoms with E-state index in [2.05, 4.69) is 10.6 Å². The van der Waals surface area contributed by atoms with E-state index in [9.17, 15) is 23.9 Å². The van der Waals surface area contributed by atoms with E-state index in [0.29, 0.717) is 11.3 Å². The molecule has 4 rings (SSSR count). The first-order valence-corrected chi connectivity index (χ1v) is 13.4. The number of thioether (sulfide) groups is 1. The number of nitrogens with zero attached hydrogens (tertiary/aromatic N) is 2. The molecule has 1 saturated heterocycles. The van der Waals surface area contributed by atoms with Crippen LogP contribution < -0.4 is 10.6 Å². The fourth-order valence-corrected chi connectivity index (χ4v) is 5.63. The zero-order valence-electron chi connectivity index (χ0n) is 21.2. The van der Waals surface area contributed by atoms with Crippen LogP contribution in [0.3, 0.4) is 0 Å². The molecule has 0 aliphatic carbocycles. The zero-order chi connectivity index (χ0) is 27.2. The van der Waals surface area contributed by atoms with Crippen molar-refractivity contribution in [1.82, 2.24) is 20.1 Å². The highest BCUT2D eigenvalue weighted by atomic mass is 32.2. The van der Waals surface area contributed by atoms with Crippen LogP contribution in [0.2, 0.25) is 0 Å². The van der Waals surface area contributed by atoms with Crippen molar-refractivity contribution < 1.29 is 23.9 Å².